The standard InChI is InChI=1S/C35H35NO4/c1-19(2)23-16-15-20(3)17-28(23)40-35(39)21-9-8-10-22(18-21)36-33(37)31-29-24-11-4-5-12-25(24)30(32(31)34(36)38)27-14-7-6-13-26(27)29/h4-14,18-20,23,28-32H,15-17H2,1-3H3/t20-,23-,28-,29?,30?,31-,32+/m1/s1. The number of benzene rings is 3. The van der Waals surface area contributed by atoms with Crippen LogP contribution in [0.15, 0.2) is 72.8 Å². The van der Waals surface area contributed by atoms with Crippen molar-refractivity contribution in [2.45, 2.75) is 58.0 Å². The van der Waals surface area contributed by atoms with Crippen LogP contribution in [-0.2, 0) is 14.3 Å². The summed E-state index contributed by atoms with van der Waals surface area (Å²) in [5.74, 6) is -0.663. The second kappa shape index (κ2) is 9.43. The minimum Gasteiger partial charge on any atom is -0.458 e. The smallest absolute Gasteiger partial charge is 0.338 e. The molecule has 1 saturated carbocycles. The monoisotopic (exact) mass is 533 g/mol. The number of imide groups is 1. The molecule has 204 valence electrons. The average Bonchev–Trinajstić information content (AvgIpc) is 3.23. The van der Waals surface area contributed by atoms with E-state index >= 15 is 0 Å². The molecular formula is C35H35NO4. The Morgan fingerprint density at radius 2 is 1.35 bits per heavy atom. The first kappa shape index (κ1) is 25.3. The summed E-state index contributed by atoms with van der Waals surface area (Å²) in [6, 6.07) is 23.4. The highest BCUT2D eigenvalue weighted by Gasteiger charge is 2.61. The molecule has 1 aliphatic heterocycles. The molecular weight excluding hydrogens is 498 g/mol. The molecule has 0 spiro atoms. The van der Waals surface area contributed by atoms with Gasteiger partial charge in [-0.3, -0.25) is 9.59 Å². The summed E-state index contributed by atoms with van der Waals surface area (Å²) in [7, 11) is 0. The van der Waals surface area contributed by atoms with Gasteiger partial charge in [0.15, 0.2) is 0 Å². The molecule has 1 heterocycles. The zero-order valence-electron chi connectivity index (χ0n) is 23.2. The summed E-state index contributed by atoms with van der Waals surface area (Å²) in [6.45, 7) is 6.59. The van der Waals surface area contributed by atoms with Gasteiger partial charge in [0, 0.05) is 11.8 Å². The molecule has 2 bridgehead atoms. The number of carbonyl (C=O) groups excluding carboxylic acids is 3. The van der Waals surface area contributed by atoms with E-state index in [2.05, 4.69) is 45.0 Å². The molecule has 5 atom stereocenters. The van der Waals surface area contributed by atoms with Crippen molar-refractivity contribution >= 4 is 23.5 Å². The molecule has 0 N–H and O–H groups in total. The van der Waals surface area contributed by atoms with Gasteiger partial charge in [0.2, 0.25) is 11.8 Å². The van der Waals surface area contributed by atoms with Crippen LogP contribution < -0.4 is 4.90 Å². The van der Waals surface area contributed by atoms with E-state index in [0.29, 0.717) is 29.0 Å². The largest absolute Gasteiger partial charge is 0.458 e. The third kappa shape index (κ3) is 3.70. The highest BCUT2D eigenvalue weighted by molar-refractivity contribution is 6.23. The number of nitrogens with zero attached hydrogens (tertiary/aromatic N) is 1. The normalized spacial score (nSPS) is 30.2. The van der Waals surface area contributed by atoms with E-state index in [1.165, 1.54) is 4.90 Å². The first-order chi connectivity index (χ1) is 19.3. The lowest BCUT2D eigenvalue weighted by Crippen LogP contribution is -2.41. The summed E-state index contributed by atoms with van der Waals surface area (Å²) in [4.78, 5) is 42.9. The van der Waals surface area contributed by atoms with Crippen LogP contribution in [0.5, 0.6) is 0 Å². The number of rotatable bonds is 4. The van der Waals surface area contributed by atoms with E-state index in [9.17, 15) is 14.4 Å². The number of hydrogen-bond acceptors (Lipinski definition) is 4. The van der Waals surface area contributed by atoms with Gasteiger partial charge in [0.05, 0.1) is 23.1 Å². The van der Waals surface area contributed by atoms with E-state index in [4.69, 9.17) is 4.74 Å². The van der Waals surface area contributed by atoms with Gasteiger partial charge in [-0.2, -0.15) is 0 Å². The summed E-state index contributed by atoms with van der Waals surface area (Å²) < 4.78 is 6.09. The second-order valence-electron chi connectivity index (χ2n) is 12.6. The zero-order valence-corrected chi connectivity index (χ0v) is 23.2. The lowest BCUT2D eigenvalue weighted by Gasteiger charge is -2.45. The minimum atomic E-state index is -0.451. The molecule has 3 aromatic carbocycles. The van der Waals surface area contributed by atoms with Crippen LogP contribution in [-0.4, -0.2) is 23.9 Å². The van der Waals surface area contributed by atoms with Crippen LogP contribution >= 0.6 is 0 Å². The number of anilines is 1. The van der Waals surface area contributed by atoms with Gasteiger partial charge in [0.25, 0.3) is 0 Å². The van der Waals surface area contributed by atoms with Crippen LogP contribution in [0, 0.1) is 29.6 Å². The van der Waals surface area contributed by atoms with E-state index in [1.807, 2.05) is 24.3 Å². The topological polar surface area (TPSA) is 63.7 Å². The Labute approximate surface area is 235 Å². The second-order valence-corrected chi connectivity index (χ2v) is 12.6. The molecule has 5 nitrogen and oxygen atoms in total. The predicted octanol–water partition coefficient (Wildman–Crippen LogP) is 6.70. The third-order valence-electron chi connectivity index (χ3n) is 10.0. The van der Waals surface area contributed by atoms with Gasteiger partial charge in [-0.15, -0.1) is 0 Å². The van der Waals surface area contributed by atoms with Crippen molar-refractivity contribution in [1.29, 1.82) is 0 Å². The first-order valence-electron chi connectivity index (χ1n) is 14.7. The van der Waals surface area contributed by atoms with Gasteiger partial charge in [-0.05, 0) is 71.0 Å². The molecule has 0 radical (unpaired) electrons. The van der Waals surface area contributed by atoms with Gasteiger partial charge in [-0.25, -0.2) is 9.69 Å². The molecule has 0 unspecified atom stereocenters. The average molecular weight is 534 g/mol. The van der Waals surface area contributed by atoms with Crippen LogP contribution in [0.4, 0.5) is 5.69 Å². The Hall–Kier alpha value is -3.73. The molecule has 4 aliphatic carbocycles. The van der Waals surface area contributed by atoms with Crippen molar-refractivity contribution < 1.29 is 19.1 Å². The Morgan fingerprint density at radius 1 is 0.800 bits per heavy atom. The summed E-state index contributed by atoms with van der Waals surface area (Å²) >= 11 is 0. The van der Waals surface area contributed by atoms with Crippen molar-refractivity contribution in [3.63, 3.8) is 0 Å². The van der Waals surface area contributed by atoms with Crippen LogP contribution in [0.1, 0.15) is 84.5 Å². The predicted molar refractivity (Wildman–Crippen MR) is 153 cm³/mol. The molecule has 5 aliphatic rings. The molecule has 2 amide bonds. The quantitative estimate of drug-likeness (QED) is 0.277. The SMILES string of the molecule is CC(C)[C@H]1CC[C@@H](C)C[C@H]1OC(=O)c1cccc(N2C(=O)[C@@H]3C4c5ccccc5C(c5ccccc54)[C@@H]3C2=O)c1. The highest BCUT2D eigenvalue weighted by Crippen LogP contribution is 2.61. The van der Waals surface area contributed by atoms with Gasteiger partial charge < -0.3 is 4.74 Å². The lowest BCUT2D eigenvalue weighted by atomic mass is 9.55. The number of carbonyl (C=O) groups is 3. The van der Waals surface area contributed by atoms with Crippen LogP contribution in [0.25, 0.3) is 0 Å². The number of esters is 1. The van der Waals surface area contributed by atoms with Crippen molar-refractivity contribution in [2.75, 3.05) is 4.90 Å². The maximum Gasteiger partial charge on any atom is 0.338 e. The Balaban J connectivity index is 1.21. The number of ether oxygens (including phenoxy) is 1. The minimum absolute atomic E-state index is 0.120. The van der Waals surface area contributed by atoms with Gasteiger partial charge in [-0.1, -0.05) is 81.8 Å². The number of hydrogen-bond donors (Lipinski definition) is 0. The van der Waals surface area contributed by atoms with Crippen LogP contribution in [0.2, 0.25) is 0 Å². The Morgan fingerprint density at radius 3 is 1.88 bits per heavy atom. The summed E-state index contributed by atoms with van der Waals surface area (Å²) in [6.07, 6.45) is 2.96. The van der Waals surface area contributed by atoms with Crippen molar-refractivity contribution in [1.82, 2.24) is 0 Å². The number of amides is 2. The molecule has 0 aromatic heterocycles. The Bertz CT molecular complexity index is 1410. The molecule has 2 fully saturated rings. The van der Waals surface area contributed by atoms with Gasteiger partial charge in [0.1, 0.15) is 6.10 Å². The lowest BCUT2D eigenvalue weighted by molar-refractivity contribution is -0.122. The molecule has 1 saturated heterocycles. The third-order valence-corrected chi connectivity index (χ3v) is 10.0. The first-order valence-corrected chi connectivity index (χ1v) is 14.7. The van der Waals surface area contributed by atoms with Crippen molar-refractivity contribution in [3.05, 3.63) is 101 Å². The fourth-order valence-electron chi connectivity index (χ4n) is 8.16. The van der Waals surface area contributed by atoms with E-state index < -0.39 is 11.8 Å². The van der Waals surface area contributed by atoms with E-state index in [0.717, 1.165) is 41.5 Å². The van der Waals surface area contributed by atoms with Gasteiger partial charge >= 0.3 is 5.97 Å². The summed E-state index contributed by atoms with van der Waals surface area (Å²) in [5, 5.41) is 0. The van der Waals surface area contributed by atoms with Crippen LogP contribution in [0.3, 0.4) is 0 Å². The maximum atomic E-state index is 14.1. The fourth-order valence-corrected chi connectivity index (χ4v) is 8.16. The van der Waals surface area contributed by atoms with Crippen molar-refractivity contribution in [2.24, 2.45) is 29.6 Å². The molecule has 5 heteroatoms. The van der Waals surface area contributed by atoms with E-state index in [-0.39, 0.29) is 35.7 Å². The molecule has 8 rings (SSSR count). The Kier molecular flexibility index (Phi) is 5.95. The molecule has 3 aromatic rings. The summed E-state index contributed by atoms with van der Waals surface area (Å²) in [5.41, 5.74) is 5.42. The zero-order chi connectivity index (χ0) is 27.7. The van der Waals surface area contributed by atoms with E-state index in [1.54, 1.807) is 24.3 Å². The molecule has 40 heavy (non-hydrogen) atoms. The van der Waals surface area contributed by atoms with Crippen molar-refractivity contribution in [3.8, 4) is 0 Å². The highest BCUT2D eigenvalue weighted by atomic mass is 16.5. The fraction of sp³-hybridized carbons (Fsp3) is 0.400. The maximum absolute atomic E-state index is 14.1.